The van der Waals surface area contributed by atoms with Crippen LogP contribution >= 0.6 is 0 Å². The summed E-state index contributed by atoms with van der Waals surface area (Å²) in [5.74, 6) is 0.815. The Labute approximate surface area is 150 Å². The van der Waals surface area contributed by atoms with Crippen molar-refractivity contribution >= 4 is 5.78 Å². The number of rotatable bonds is 9. The molecule has 4 heteroatoms. The van der Waals surface area contributed by atoms with E-state index in [-0.39, 0.29) is 12.4 Å². The maximum atomic E-state index is 12.5. The maximum Gasteiger partial charge on any atom is 0.168 e. The average Bonchev–Trinajstić information content (AvgIpc) is 2.63. The monoisotopic (exact) mass is 344 g/mol. The van der Waals surface area contributed by atoms with Gasteiger partial charge in [-0.05, 0) is 25.3 Å². The summed E-state index contributed by atoms with van der Waals surface area (Å²) in [6.07, 6.45) is 6.59. The first kappa shape index (κ1) is 19.4. The van der Waals surface area contributed by atoms with Crippen molar-refractivity contribution in [2.24, 2.45) is 5.41 Å². The number of ketones is 1. The van der Waals surface area contributed by atoms with Crippen LogP contribution in [0.5, 0.6) is 0 Å². The number of carbonyl (C=O) groups is 1. The fraction of sp³-hybridized carbons (Fsp3) is 0.476. The summed E-state index contributed by atoms with van der Waals surface area (Å²) in [7, 11) is 0. The normalized spacial score (nSPS) is 22.0. The van der Waals surface area contributed by atoms with E-state index in [0.29, 0.717) is 26.1 Å². The molecule has 0 radical (unpaired) electrons. The lowest BCUT2D eigenvalue weighted by atomic mass is 9.73. The third-order valence-electron chi connectivity index (χ3n) is 4.60. The zero-order chi connectivity index (χ0) is 18.1. The highest BCUT2D eigenvalue weighted by atomic mass is 16.5. The minimum absolute atomic E-state index is 0.0540. The second-order valence-electron chi connectivity index (χ2n) is 6.34. The summed E-state index contributed by atoms with van der Waals surface area (Å²) in [5, 5.41) is 10.1. The number of ether oxygens (including phenoxy) is 2. The summed E-state index contributed by atoms with van der Waals surface area (Å²) in [6.45, 7) is 5.16. The molecule has 1 N–H and O–H groups in total. The molecule has 1 aliphatic carbocycles. The summed E-state index contributed by atoms with van der Waals surface area (Å²) in [6, 6.07) is 9.84. The van der Waals surface area contributed by atoms with Crippen molar-refractivity contribution in [3.8, 4) is 0 Å². The van der Waals surface area contributed by atoms with Gasteiger partial charge in [0.2, 0.25) is 0 Å². The second-order valence-corrected chi connectivity index (χ2v) is 6.34. The number of hydrogen-bond acceptors (Lipinski definition) is 4. The number of hydrogen-bond donors (Lipinski definition) is 1. The van der Waals surface area contributed by atoms with Crippen molar-refractivity contribution in [3.05, 3.63) is 59.9 Å². The first-order valence-electron chi connectivity index (χ1n) is 8.96. The Morgan fingerprint density at radius 1 is 1.28 bits per heavy atom. The SMILES string of the molecule is CCOC1=CC(=O)[C@@](/C=C/[C@@H](O)COCc2ccccc2)(CC)CC1. The van der Waals surface area contributed by atoms with Crippen molar-refractivity contribution in [3.63, 3.8) is 0 Å². The minimum Gasteiger partial charge on any atom is -0.498 e. The number of aliphatic hydroxyl groups is 1. The smallest absolute Gasteiger partial charge is 0.168 e. The molecule has 1 aromatic carbocycles. The molecule has 0 spiro atoms. The van der Waals surface area contributed by atoms with Crippen molar-refractivity contribution in [1.82, 2.24) is 0 Å². The van der Waals surface area contributed by atoms with Gasteiger partial charge in [-0.15, -0.1) is 0 Å². The van der Waals surface area contributed by atoms with Crippen LogP contribution < -0.4 is 0 Å². The van der Waals surface area contributed by atoms with Crippen LogP contribution in [0.25, 0.3) is 0 Å². The minimum atomic E-state index is -0.725. The highest BCUT2D eigenvalue weighted by Crippen LogP contribution is 2.37. The van der Waals surface area contributed by atoms with Crippen LogP contribution in [-0.4, -0.2) is 30.2 Å². The van der Waals surface area contributed by atoms with E-state index in [4.69, 9.17) is 9.47 Å². The average molecular weight is 344 g/mol. The zero-order valence-corrected chi connectivity index (χ0v) is 15.1. The van der Waals surface area contributed by atoms with Gasteiger partial charge >= 0.3 is 0 Å². The van der Waals surface area contributed by atoms with Gasteiger partial charge in [-0.2, -0.15) is 0 Å². The molecule has 0 aromatic heterocycles. The largest absolute Gasteiger partial charge is 0.498 e. The predicted octanol–water partition coefficient (Wildman–Crippen LogP) is 3.80. The molecule has 1 aromatic rings. The van der Waals surface area contributed by atoms with Crippen LogP contribution in [0.15, 0.2) is 54.3 Å². The van der Waals surface area contributed by atoms with Gasteiger partial charge in [-0.25, -0.2) is 0 Å². The van der Waals surface area contributed by atoms with E-state index >= 15 is 0 Å². The lowest BCUT2D eigenvalue weighted by Gasteiger charge is -2.31. The maximum absolute atomic E-state index is 12.5. The van der Waals surface area contributed by atoms with E-state index in [1.165, 1.54) is 0 Å². The predicted molar refractivity (Wildman–Crippen MR) is 97.9 cm³/mol. The van der Waals surface area contributed by atoms with E-state index in [0.717, 1.165) is 17.7 Å². The molecule has 4 nitrogen and oxygen atoms in total. The third kappa shape index (κ3) is 5.55. The van der Waals surface area contributed by atoms with Gasteiger partial charge < -0.3 is 14.6 Å². The molecule has 0 saturated heterocycles. The number of benzene rings is 1. The Balaban J connectivity index is 1.88. The van der Waals surface area contributed by atoms with Crippen LogP contribution in [0.4, 0.5) is 0 Å². The van der Waals surface area contributed by atoms with Gasteiger partial charge in [0.05, 0.1) is 37.1 Å². The van der Waals surface area contributed by atoms with Gasteiger partial charge in [-0.3, -0.25) is 4.79 Å². The van der Waals surface area contributed by atoms with E-state index < -0.39 is 11.5 Å². The van der Waals surface area contributed by atoms with Gasteiger partial charge in [0.25, 0.3) is 0 Å². The summed E-state index contributed by atoms with van der Waals surface area (Å²) < 4.78 is 11.0. The van der Waals surface area contributed by atoms with Gasteiger partial charge in [0.1, 0.15) is 0 Å². The second kappa shape index (κ2) is 9.54. The molecule has 0 aliphatic heterocycles. The first-order chi connectivity index (χ1) is 12.1. The molecule has 25 heavy (non-hydrogen) atoms. The number of carbonyl (C=O) groups excluding carboxylic acids is 1. The van der Waals surface area contributed by atoms with Gasteiger partial charge in [0.15, 0.2) is 5.78 Å². The standard InChI is InChI=1S/C21H28O4/c1-3-21(13-11-19(25-4-2)14-20(21)23)12-10-18(22)16-24-15-17-8-6-5-7-9-17/h5-10,12,14,18,22H,3-4,11,13,15-16H2,1-2H3/b12-10+/t18-,21-/m1/s1. The molecule has 0 unspecified atom stereocenters. The lowest BCUT2D eigenvalue weighted by molar-refractivity contribution is -0.123. The molecular weight excluding hydrogens is 316 g/mol. The Morgan fingerprint density at radius 3 is 2.68 bits per heavy atom. The van der Waals surface area contributed by atoms with E-state index in [1.807, 2.05) is 50.3 Å². The van der Waals surface area contributed by atoms with Crippen molar-refractivity contribution in [1.29, 1.82) is 0 Å². The topological polar surface area (TPSA) is 55.8 Å². The molecule has 1 aliphatic rings. The van der Waals surface area contributed by atoms with Gasteiger partial charge in [0, 0.05) is 12.5 Å². The molecule has 0 bridgehead atoms. The molecule has 2 rings (SSSR count). The van der Waals surface area contributed by atoms with Crippen LogP contribution in [-0.2, 0) is 20.9 Å². The highest BCUT2D eigenvalue weighted by Gasteiger charge is 2.36. The Bertz CT molecular complexity index is 606. The summed E-state index contributed by atoms with van der Waals surface area (Å²) >= 11 is 0. The van der Waals surface area contributed by atoms with Crippen LogP contribution in [0.2, 0.25) is 0 Å². The Kier molecular flexibility index (Phi) is 7.41. The molecule has 2 atom stereocenters. The summed E-state index contributed by atoms with van der Waals surface area (Å²) in [4.78, 5) is 12.5. The van der Waals surface area contributed by atoms with E-state index in [9.17, 15) is 9.90 Å². The molecule has 0 saturated carbocycles. The zero-order valence-electron chi connectivity index (χ0n) is 15.1. The van der Waals surface area contributed by atoms with Crippen LogP contribution in [0, 0.1) is 5.41 Å². The third-order valence-corrected chi connectivity index (χ3v) is 4.60. The van der Waals surface area contributed by atoms with Crippen molar-refractivity contribution < 1.29 is 19.4 Å². The fourth-order valence-electron chi connectivity index (χ4n) is 2.99. The van der Waals surface area contributed by atoms with E-state index in [2.05, 4.69) is 0 Å². The lowest BCUT2D eigenvalue weighted by Crippen LogP contribution is -2.31. The van der Waals surface area contributed by atoms with Crippen LogP contribution in [0.3, 0.4) is 0 Å². The molecule has 0 fully saturated rings. The fourth-order valence-corrected chi connectivity index (χ4v) is 2.99. The first-order valence-corrected chi connectivity index (χ1v) is 8.96. The number of aliphatic hydroxyl groups excluding tert-OH is 1. The summed E-state index contributed by atoms with van der Waals surface area (Å²) in [5.41, 5.74) is 0.529. The molecular formula is C21H28O4. The van der Waals surface area contributed by atoms with Crippen molar-refractivity contribution in [2.75, 3.05) is 13.2 Å². The highest BCUT2D eigenvalue weighted by molar-refractivity contribution is 5.97. The van der Waals surface area contributed by atoms with Crippen LogP contribution in [0.1, 0.15) is 38.7 Å². The molecule has 136 valence electrons. The van der Waals surface area contributed by atoms with Crippen molar-refractivity contribution in [2.45, 2.75) is 45.8 Å². The Hall–Kier alpha value is -1.91. The van der Waals surface area contributed by atoms with Gasteiger partial charge in [-0.1, -0.05) is 49.4 Å². The number of allylic oxidation sites excluding steroid dienone is 3. The molecule has 0 heterocycles. The van der Waals surface area contributed by atoms with E-state index in [1.54, 1.807) is 12.2 Å². The molecule has 0 amide bonds. The quantitative estimate of drug-likeness (QED) is 0.692. The Morgan fingerprint density at radius 2 is 2.04 bits per heavy atom.